The Hall–Kier alpha value is -2.40. The van der Waals surface area contributed by atoms with E-state index >= 15 is 0 Å². The van der Waals surface area contributed by atoms with E-state index in [0.29, 0.717) is 30.8 Å². The van der Waals surface area contributed by atoms with Gasteiger partial charge in [0.05, 0.1) is 18.6 Å². The predicted octanol–water partition coefficient (Wildman–Crippen LogP) is 5.16. The van der Waals surface area contributed by atoms with Crippen LogP contribution in [0.2, 0.25) is 0 Å². The highest BCUT2D eigenvalue weighted by Gasteiger charge is 2.33. The number of ether oxygens (including phenoxy) is 2. The van der Waals surface area contributed by atoms with Crippen molar-refractivity contribution in [3.63, 3.8) is 0 Å². The summed E-state index contributed by atoms with van der Waals surface area (Å²) < 4.78 is 10.9. The number of nitrogens with zero attached hydrogens (tertiary/aromatic N) is 3. The van der Waals surface area contributed by atoms with Crippen LogP contribution in [0.1, 0.15) is 108 Å². The number of likely N-dealkylation sites (N-methyl/N-ethyl adjacent to an activating group) is 1. The third-order valence-corrected chi connectivity index (χ3v) is 7.71. The molecule has 0 fully saturated rings. The molecule has 0 aliphatic carbocycles. The number of nitrogens with one attached hydrogen (secondary N) is 1. The monoisotopic (exact) mass is 646 g/mol. The first kappa shape index (κ1) is 47.0. The molecule has 0 aliphatic rings. The van der Waals surface area contributed by atoms with E-state index in [2.05, 4.69) is 57.6 Å². The van der Waals surface area contributed by atoms with Crippen LogP contribution in [0.4, 0.5) is 4.79 Å². The zero-order valence-corrected chi connectivity index (χ0v) is 31.6. The number of primary amides is 1. The fraction of sp³-hybridized carbons (Fsp3) is 0.882. The van der Waals surface area contributed by atoms with E-state index in [0.717, 1.165) is 32.4 Å². The Labute approximate surface area is 276 Å². The normalized spacial score (nSPS) is 13.8. The smallest absolute Gasteiger partial charge is 0.410 e. The minimum Gasteiger partial charge on any atom is -0.444 e. The Kier molecular flexibility index (Phi) is 26.9. The van der Waals surface area contributed by atoms with Crippen LogP contribution in [0.25, 0.3) is 0 Å². The van der Waals surface area contributed by atoms with Crippen molar-refractivity contribution in [1.29, 1.82) is 0 Å². The van der Waals surface area contributed by atoms with Crippen LogP contribution in [0.3, 0.4) is 0 Å². The van der Waals surface area contributed by atoms with Crippen molar-refractivity contribution >= 4 is 24.3 Å². The summed E-state index contributed by atoms with van der Waals surface area (Å²) in [4.78, 5) is 50.5. The van der Waals surface area contributed by atoms with Crippen LogP contribution in [0, 0.1) is 17.8 Å². The van der Waals surface area contributed by atoms with Gasteiger partial charge >= 0.3 is 6.09 Å². The Morgan fingerprint density at radius 3 is 1.82 bits per heavy atom. The molecule has 4 unspecified atom stereocenters. The van der Waals surface area contributed by atoms with Crippen molar-refractivity contribution in [2.45, 2.75) is 132 Å². The molecule has 11 nitrogen and oxygen atoms in total. The number of carbonyl (C=O) groups excluding carboxylic acids is 4. The van der Waals surface area contributed by atoms with E-state index in [9.17, 15) is 14.4 Å². The summed E-state index contributed by atoms with van der Waals surface area (Å²) in [6.45, 7) is 25.0. The van der Waals surface area contributed by atoms with E-state index in [-0.39, 0.29) is 48.8 Å². The molecular formula is C34H71N5O6. The minimum absolute atomic E-state index is 0.0349. The average molecular weight is 646 g/mol. The Balaban J connectivity index is -0.000000723. The van der Waals surface area contributed by atoms with Gasteiger partial charge in [0, 0.05) is 46.8 Å². The van der Waals surface area contributed by atoms with Crippen molar-refractivity contribution in [1.82, 2.24) is 20.0 Å². The zero-order valence-electron chi connectivity index (χ0n) is 31.6. The molecule has 0 aromatic heterocycles. The number of hydrogen-bond donors (Lipinski definition) is 2. The highest BCUT2D eigenvalue weighted by molar-refractivity contribution is 5.78. The Bertz CT molecular complexity index is 802. The van der Waals surface area contributed by atoms with Gasteiger partial charge in [0.25, 0.3) is 0 Å². The third kappa shape index (κ3) is 23.6. The van der Waals surface area contributed by atoms with Gasteiger partial charge in [0.2, 0.25) is 18.2 Å². The summed E-state index contributed by atoms with van der Waals surface area (Å²) in [5.41, 5.74) is 3.75. The first-order valence-corrected chi connectivity index (χ1v) is 16.6. The lowest BCUT2D eigenvalue weighted by molar-refractivity contribution is -0.139. The molecule has 0 saturated carbocycles. The summed E-state index contributed by atoms with van der Waals surface area (Å²) in [6, 6.07) is 0.502. The Morgan fingerprint density at radius 1 is 0.911 bits per heavy atom. The van der Waals surface area contributed by atoms with Gasteiger partial charge in [-0.25, -0.2) is 4.79 Å². The standard InChI is InChI=1S/C17H34N2O3.C16H34N2O2.CH3NO/c1-8-13(5)17(19(6)16(21)10-12(3)4)14(22-7)11-15(20)18-9-2;1-13(2)14(3)17(7)11-9-10-12-18(8)15(19)20-16(4,5)6;2-1-3/h12-14,17H,8-11H2,1-7H3,(H,18,20);13-14H,9-12H2,1-8H3;1H,(H2,2,3). The lowest BCUT2D eigenvalue weighted by Gasteiger charge is -2.38. The number of amides is 4. The van der Waals surface area contributed by atoms with Crippen molar-refractivity contribution < 1.29 is 28.7 Å². The molecule has 3 N–H and O–H groups in total. The van der Waals surface area contributed by atoms with Gasteiger partial charge < -0.3 is 35.2 Å². The van der Waals surface area contributed by atoms with E-state index in [4.69, 9.17) is 14.3 Å². The molecule has 0 heterocycles. The molecular weight excluding hydrogens is 574 g/mol. The number of unbranched alkanes of at least 4 members (excludes halogenated alkanes) is 1. The summed E-state index contributed by atoms with van der Waals surface area (Å²) in [5, 5.41) is 2.80. The van der Waals surface area contributed by atoms with Gasteiger partial charge in [-0.05, 0) is 78.8 Å². The van der Waals surface area contributed by atoms with E-state index in [1.807, 2.05) is 48.6 Å². The topological polar surface area (TPSA) is 135 Å². The largest absolute Gasteiger partial charge is 0.444 e. The number of hydrogen-bond acceptors (Lipinski definition) is 7. The molecule has 0 rings (SSSR count). The first-order valence-electron chi connectivity index (χ1n) is 16.6. The maximum atomic E-state index is 12.4. The summed E-state index contributed by atoms with van der Waals surface area (Å²) in [5.74, 6) is 1.33. The van der Waals surface area contributed by atoms with Crippen molar-refractivity contribution in [2.75, 3.05) is 47.9 Å². The number of rotatable bonds is 17. The molecule has 4 atom stereocenters. The van der Waals surface area contributed by atoms with Crippen LogP contribution in [-0.4, -0.2) is 111 Å². The first-order chi connectivity index (χ1) is 20.7. The predicted molar refractivity (Wildman–Crippen MR) is 185 cm³/mol. The quantitative estimate of drug-likeness (QED) is 0.165. The van der Waals surface area contributed by atoms with Crippen LogP contribution >= 0.6 is 0 Å². The minimum atomic E-state index is -0.418. The van der Waals surface area contributed by atoms with E-state index < -0.39 is 5.60 Å². The molecule has 0 aliphatic heterocycles. The van der Waals surface area contributed by atoms with Crippen molar-refractivity contribution in [3.8, 4) is 0 Å². The van der Waals surface area contributed by atoms with Crippen molar-refractivity contribution in [2.24, 2.45) is 23.5 Å². The molecule has 0 bridgehead atoms. The molecule has 11 heteroatoms. The molecule has 0 aromatic carbocycles. The van der Waals surface area contributed by atoms with Crippen molar-refractivity contribution in [3.05, 3.63) is 0 Å². The van der Waals surface area contributed by atoms with Gasteiger partial charge in [-0.1, -0.05) is 48.0 Å². The lowest BCUT2D eigenvalue weighted by atomic mass is 9.90. The molecule has 268 valence electrons. The summed E-state index contributed by atoms with van der Waals surface area (Å²) >= 11 is 0. The maximum absolute atomic E-state index is 12.4. The number of methoxy groups -OCH3 is 1. The third-order valence-electron chi connectivity index (χ3n) is 7.71. The summed E-state index contributed by atoms with van der Waals surface area (Å²) in [6.07, 6.45) is 3.55. The van der Waals surface area contributed by atoms with Gasteiger partial charge in [0.1, 0.15) is 5.60 Å². The zero-order chi connectivity index (χ0) is 35.9. The molecule has 0 aromatic rings. The van der Waals surface area contributed by atoms with Gasteiger partial charge in [-0.15, -0.1) is 0 Å². The van der Waals surface area contributed by atoms with Crippen LogP contribution in [0.15, 0.2) is 0 Å². The van der Waals surface area contributed by atoms with Gasteiger partial charge in [-0.3, -0.25) is 14.4 Å². The summed E-state index contributed by atoms with van der Waals surface area (Å²) in [7, 11) is 7.40. The second-order valence-electron chi connectivity index (χ2n) is 13.6. The molecule has 0 spiro atoms. The number of nitrogens with two attached hydrogens (primary N) is 1. The lowest BCUT2D eigenvalue weighted by Crippen LogP contribution is -2.50. The average Bonchev–Trinajstić information content (AvgIpc) is 2.93. The van der Waals surface area contributed by atoms with Crippen LogP contribution in [0.5, 0.6) is 0 Å². The fourth-order valence-electron chi connectivity index (χ4n) is 4.55. The van der Waals surface area contributed by atoms with Crippen LogP contribution in [-0.2, 0) is 23.9 Å². The Morgan fingerprint density at radius 2 is 1.42 bits per heavy atom. The molecule has 45 heavy (non-hydrogen) atoms. The van der Waals surface area contributed by atoms with E-state index in [1.165, 1.54) is 0 Å². The van der Waals surface area contributed by atoms with Crippen LogP contribution < -0.4 is 11.1 Å². The van der Waals surface area contributed by atoms with Gasteiger partial charge in [-0.2, -0.15) is 0 Å². The SMILES string of the molecule is CC(C)C(C)N(C)CCCCN(C)C(=O)OC(C)(C)C.CCNC(=O)CC(OC)C(C(C)CC)N(C)C(=O)CC(C)C.NC=O. The molecule has 0 saturated heterocycles. The highest BCUT2D eigenvalue weighted by atomic mass is 16.6. The maximum Gasteiger partial charge on any atom is 0.410 e. The fourth-order valence-corrected chi connectivity index (χ4v) is 4.55. The van der Waals surface area contributed by atoms with E-state index in [1.54, 1.807) is 24.0 Å². The second kappa shape index (κ2) is 25.8. The highest BCUT2D eigenvalue weighted by Crippen LogP contribution is 2.23. The molecule has 4 amide bonds. The van der Waals surface area contributed by atoms with Gasteiger partial charge in [0.15, 0.2) is 0 Å². The molecule has 0 radical (unpaired) electrons. The number of carbonyl (C=O) groups is 4. The second-order valence-corrected chi connectivity index (χ2v) is 13.6.